The summed E-state index contributed by atoms with van der Waals surface area (Å²) in [6.07, 6.45) is 1.63. The van der Waals surface area contributed by atoms with Crippen molar-refractivity contribution in [3.05, 3.63) is 42.2 Å². The molecule has 96 valence electrons. The maximum atomic E-state index is 10.3. The second kappa shape index (κ2) is 4.67. The summed E-state index contributed by atoms with van der Waals surface area (Å²) in [6.45, 7) is 5.71. The molecule has 2 N–H and O–H groups in total. The van der Waals surface area contributed by atoms with E-state index in [4.69, 9.17) is 0 Å². The van der Waals surface area contributed by atoms with Gasteiger partial charge >= 0.3 is 0 Å². The zero-order chi connectivity index (χ0) is 13.3. The second-order valence-corrected chi connectivity index (χ2v) is 5.71. The average Bonchev–Trinajstić information content (AvgIpc) is 2.35. The molecule has 3 nitrogen and oxygen atoms in total. The van der Waals surface area contributed by atoms with E-state index in [1.54, 1.807) is 12.4 Å². The van der Waals surface area contributed by atoms with Crippen LogP contribution in [-0.2, 0) is 0 Å². The van der Waals surface area contributed by atoms with Crippen molar-refractivity contribution in [3.63, 3.8) is 0 Å². The number of pyridine rings is 1. The minimum atomic E-state index is -0.927. The van der Waals surface area contributed by atoms with Gasteiger partial charge in [-0.2, -0.15) is 0 Å². The van der Waals surface area contributed by atoms with Gasteiger partial charge in [0.05, 0.1) is 6.10 Å². The summed E-state index contributed by atoms with van der Waals surface area (Å²) in [5.41, 5.74) is 0.298. The number of hydrogen-bond acceptors (Lipinski definition) is 3. The second-order valence-electron chi connectivity index (χ2n) is 5.71. The zero-order valence-electron chi connectivity index (χ0n) is 11.0. The lowest BCUT2D eigenvalue weighted by Crippen LogP contribution is -2.32. The van der Waals surface area contributed by atoms with Gasteiger partial charge in [0.25, 0.3) is 0 Å². The van der Waals surface area contributed by atoms with Gasteiger partial charge in [-0.15, -0.1) is 0 Å². The van der Waals surface area contributed by atoms with Crippen LogP contribution in [0.5, 0.6) is 0 Å². The lowest BCUT2D eigenvalue weighted by molar-refractivity contribution is -0.0453. The third-order valence-corrected chi connectivity index (χ3v) is 3.20. The van der Waals surface area contributed by atoms with Gasteiger partial charge in [-0.25, -0.2) is 0 Å². The molecule has 1 aromatic carbocycles. The predicted octanol–water partition coefficient (Wildman–Crippen LogP) is 2.68. The Morgan fingerprint density at radius 3 is 2.39 bits per heavy atom. The van der Waals surface area contributed by atoms with Crippen molar-refractivity contribution in [3.8, 4) is 0 Å². The van der Waals surface area contributed by atoms with E-state index >= 15 is 0 Å². The van der Waals surface area contributed by atoms with E-state index in [2.05, 4.69) is 4.98 Å². The summed E-state index contributed by atoms with van der Waals surface area (Å²) in [6, 6.07) is 7.73. The van der Waals surface area contributed by atoms with Crippen LogP contribution in [0.2, 0.25) is 0 Å². The number of aromatic nitrogens is 1. The highest BCUT2D eigenvalue weighted by atomic mass is 16.3. The van der Waals surface area contributed by atoms with Crippen LogP contribution >= 0.6 is 0 Å². The molecule has 1 heterocycles. The maximum absolute atomic E-state index is 10.3. The van der Waals surface area contributed by atoms with Gasteiger partial charge in [0.15, 0.2) is 0 Å². The molecule has 2 atom stereocenters. The monoisotopic (exact) mass is 245 g/mol. The third kappa shape index (κ3) is 2.37. The highest BCUT2D eigenvalue weighted by molar-refractivity contribution is 5.84. The fourth-order valence-corrected chi connectivity index (χ4v) is 2.02. The first-order valence-corrected chi connectivity index (χ1v) is 6.10. The Morgan fingerprint density at radius 1 is 1.06 bits per heavy atom. The SMILES string of the molecule is CC(C)(C)C(O)C(O)c1cncc2ccccc12. The Morgan fingerprint density at radius 2 is 1.72 bits per heavy atom. The molecule has 0 aliphatic heterocycles. The molecule has 3 heteroatoms. The molecule has 0 aliphatic rings. The van der Waals surface area contributed by atoms with E-state index in [1.165, 1.54) is 0 Å². The number of rotatable bonds is 2. The average molecular weight is 245 g/mol. The van der Waals surface area contributed by atoms with Crippen molar-refractivity contribution >= 4 is 10.8 Å². The van der Waals surface area contributed by atoms with Crippen molar-refractivity contribution < 1.29 is 10.2 Å². The molecule has 0 spiro atoms. The molecule has 2 rings (SSSR count). The summed E-state index contributed by atoms with van der Waals surface area (Å²) >= 11 is 0. The standard InChI is InChI=1S/C15H19NO2/c1-15(2,3)14(18)13(17)12-9-16-8-10-6-4-5-7-11(10)12/h4-9,13-14,17-18H,1-3H3. The lowest BCUT2D eigenvalue weighted by atomic mass is 9.83. The molecule has 0 bridgehead atoms. The van der Waals surface area contributed by atoms with Gasteiger partial charge < -0.3 is 10.2 Å². The first kappa shape index (κ1) is 13.0. The number of fused-ring (bicyclic) bond motifs is 1. The Balaban J connectivity index is 2.48. The molecule has 18 heavy (non-hydrogen) atoms. The summed E-state index contributed by atoms with van der Waals surface area (Å²) in [7, 11) is 0. The summed E-state index contributed by atoms with van der Waals surface area (Å²) < 4.78 is 0. The van der Waals surface area contributed by atoms with Crippen LogP contribution in [0.25, 0.3) is 10.8 Å². The van der Waals surface area contributed by atoms with Crippen molar-refractivity contribution in [2.75, 3.05) is 0 Å². The predicted molar refractivity (Wildman–Crippen MR) is 72.2 cm³/mol. The maximum Gasteiger partial charge on any atom is 0.107 e. The van der Waals surface area contributed by atoms with Crippen LogP contribution in [-0.4, -0.2) is 21.3 Å². The van der Waals surface area contributed by atoms with Gasteiger partial charge in [0, 0.05) is 23.3 Å². The summed E-state index contributed by atoms with van der Waals surface area (Å²) in [5, 5.41) is 22.4. The first-order valence-electron chi connectivity index (χ1n) is 6.10. The Labute approximate surface area is 107 Å². The Kier molecular flexibility index (Phi) is 3.37. The molecule has 0 saturated carbocycles. The summed E-state index contributed by atoms with van der Waals surface area (Å²) in [4.78, 5) is 4.13. The zero-order valence-corrected chi connectivity index (χ0v) is 11.0. The molecule has 0 amide bonds. The van der Waals surface area contributed by atoms with Crippen molar-refractivity contribution in [1.82, 2.24) is 4.98 Å². The van der Waals surface area contributed by atoms with Gasteiger partial charge in [-0.3, -0.25) is 4.98 Å². The normalized spacial score (nSPS) is 15.6. The topological polar surface area (TPSA) is 53.4 Å². The minimum absolute atomic E-state index is 0.379. The van der Waals surface area contributed by atoms with Crippen LogP contribution in [0.4, 0.5) is 0 Å². The molecule has 0 saturated heterocycles. The number of nitrogens with zero attached hydrogens (tertiary/aromatic N) is 1. The Hall–Kier alpha value is -1.45. The highest BCUT2D eigenvalue weighted by Crippen LogP contribution is 2.32. The van der Waals surface area contributed by atoms with Gasteiger partial charge in [-0.1, -0.05) is 45.0 Å². The third-order valence-electron chi connectivity index (χ3n) is 3.20. The number of aliphatic hydroxyl groups is 2. The minimum Gasteiger partial charge on any atom is -0.390 e. The largest absolute Gasteiger partial charge is 0.390 e. The van der Waals surface area contributed by atoms with Crippen molar-refractivity contribution in [1.29, 1.82) is 0 Å². The van der Waals surface area contributed by atoms with Gasteiger partial charge in [-0.05, 0) is 10.8 Å². The van der Waals surface area contributed by atoms with E-state index in [0.717, 1.165) is 10.8 Å². The fourth-order valence-electron chi connectivity index (χ4n) is 2.02. The van der Waals surface area contributed by atoms with Crippen LogP contribution in [0.1, 0.15) is 32.4 Å². The fraction of sp³-hybridized carbons (Fsp3) is 0.400. The van der Waals surface area contributed by atoms with E-state index in [1.807, 2.05) is 45.0 Å². The molecule has 0 fully saturated rings. The van der Waals surface area contributed by atoms with E-state index in [9.17, 15) is 10.2 Å². The molecule has 0 radical (unpaired) electrons. The van der Waals surface area contributed by atoms with E-state index in [-0.39, 0.29) is 5.41 Å². The summed E-state index contributed by atoms with van der Waals surface area (Å²) in [5.74, 6) is 0. The van der Waals surface area contributed by atoms with Gasteiger partial charge in [0.2, 0.25) is 0 Å². The van der Waals surface area contributed by atoms with Crippen LogP contribution < -0.4 is 0 Å². The molecule has 2 aromatic rings. The van der Waals surface area contributed by atoms with Crippen molar-refractivity contribution in [2.24, 2.45) is 5.41 Å². The lowest BCUT2D eigenvalue weighted by Gasteiger charge is -2.30. The molecular weight excluding hydrogens is 226 g/mol. The number of aliphatic hydroxyl groups excluding tert-OH is 2. The molecule has 1 aromatic heterocycles. The van der Waals surface area contributed by atoms with Crippen molar-refractivity contribution in [2.45, 2.75) is 33.0 Å². The molecular formula is C15H19NO2. The Bertz CT molecular complexity index is 540. The van der Waals surface area contributed by atoms with Crippen LogP contribution in [0, 0.1) is 5.41 Å². The van der Waals surface area contributed by atoms with Crippen LogP contribution in [0.3, 0.4) is 0 Å². The molecule has 2 unspecified atom stereocenters. The molecule has 0 aliphatic carbocycles. The van der Waals surface area contributed by atoms with E-state index < -0.39 is 12.2 Å². The number of hydrogen-bond donors (Lipinski definition) is 2. The van der Waals surface area contributed by atoms with Crippen LogP contribution in [0.15, 0.2) is 36.7 Å². The highest BCUT2D eigenvalue weighted by Gasteiger charge is 2.31. The quantitative estimate of drug-likeness (QED) is 0.855. The van der Waals surface area contributed by atoms with Gasteiger partial charge in [0.1, 0.15) is 6.10 Å². The number of benzene rings is 1. The smallest absolute Gasteiger partial charge is 0.107 e. The first-order chi connectivity index (χ1) is 8.41. The van der Waals surface area contributed by atoms with E-state index in [0.29, 0.717) is 5.56 Å².